The van der Waals surface area contributed by atoms with E-state index in [0.29, 0.717) is 12.3 Å². The fourth-order valence-corrected chi connectivity index (χ4v) is 6.34. The minimum atomic E-state index is -0.794. The minimum Gasteiger partial charge on any atom is -0.471 e. The number of aliphatic hydroxyl groups excluding tert-OH is 1. The lowest BCUT2D eigenvalue weighted by molar-refractivity contribution is -0.141. The molecule has 4 aromatic rings. The highest BCUT2D eigenvalue weighted by atomic mass is 79.9. The van der Waals surface area contributed by atoms with E-state index < -0.39 is 18.1 Å². The SMILES string of the molecule is Cc1ncsc1-c1ccc(CNC(=O)[C@@H]2C[C@@H](O)CN2C(=O)C(c2cc(OCc3ccccc3Br)no2)C(C)C)cc1. The molecule has 11 heteroatoms. The molecule has 5 rings (SSSR count). The van der Waals surface area contributed by atoms with Gasteiger partial charge in [-0.1, -0.05) is 72.2 Å². The molecule has 2 aromatic carbocycles. The number of nitrogens with one attached hydrogen (secondary N) is 1. The minimum absolute atomic E-state index is 0.0720. The highest BCUT2D eigenvalue weighted by molar-refractivity contribution is 9.10. The molecule has 1 unspecified atom stereocenters. The molecule has 1 fully saturated rings. The second-order valence-corrected chi connectivity index (χ2v) is 12.5. The van der Waals surface area contributed by atoms with Gasteiger partial charge < -0.3 is 24.6 Å². The molecule has 3 atom stereocenters. The summed E-state index contributed by atoms with van der Waals surface area (Å²) in [7, 11) is 0. The van der Waals surface area contributed by atoms with Crippen molar-refractivity contribution in [3.05, 3.63) is 87.2 Å². The number of β-amino-alcohol motifs (C(OH)–C–C–N with tert-alkyl or cyclic N) is 1. The second kappa shape index (κ2) is 13.2. The molecule has 42 heavy (non-hydrogen) atoms. The predicted octanol–water partition coefficient (Wildman–Crippen LogP) is 5.47. The van der Waals surface area contributed by atoms with Crippen molar-refractivity contribution in [1.29, 1.82) is 0 Å². The normalized spacial score (nSPS) is 17.4. The van der Waals surface area contributed by atoms with Crippen molar-refractivity contribution in [3.63, 3.8) is 0 Å². The number of thiazole rings is 1. The van der Waals surface area contributed by atoms with Gasteiger partial charge in [-0.3, -0.25) is 9.59 Å². The maximum absolute atomic E-state index is 13.8. The zero-order chi connectivity index (χ0) is 29.8. The number of carbonyl (C=O) groups excluding carboxylic acids is 2. The molecule has 220 valence electrons. The summed E-state index contributed by atoms with van der Waals surface area (Å²) in [6.45, 7) is 6.46. The Hall–Kier alpha value is -3.54. The number of aromatic nitrogens is 2. The van der Waals surface area contributed by atoms with Crippen LogP contribution in [0.1, 0.15) is 48.8 Å². The third-order valence-electron chi connectivity index (χ3n) is 7.37. The van der Waals surface area contributed by atoms with Crippen molar-refractivity contribution in [3.8, 4) is 16.3 Å². The van der Waals surface area contributed by atoms with E-state index in [0.717, 1.165) is 31.7 Å². The van der Waals surface area contributed by atoms with E-state index in [9.17, 15) is 14.7 Å². The van der Waals surface area contributed by atoms with E-state index in [1.54, 1.807) is 17.4 Å². The summed E-state index contributed by atoms with van der Waals surface area (Å²) in [5.74, 6) is -0.815. The Morgan fingerprint density at radius 3 is 2.67 bits per heavy atom. The number of aliphatic hydroxyl groups is 1. The smallest absolute Gasteiger partial charge is 0.254 e. The Kier molecular flexibility index (Phi) is 9.40. The van der Waals surface area contributed by atoms with E-state index in [4.69, 9.17) is 9.26 Å². The summed E-state index contributed by atoms with van der Waals surface area (Å²) >= 11 is 5.10. The van der Waals surface area contributed by atoms with Crippen LogP contribution in [0.5, 0.6) is 5.88 Å². The van der Waals surface area contributed by atoms with Crippen LogP contribution < -0.4 is 10.1 Å². The first-order valence-electron chi connectivity index (χ1n) is 13.8. The highest BCUT2D eigenvalue weighted by Crippen LogP contribution is 2.33. The van der Waals surface area contributed by atoms with Crippen molar-refractivity contribution in [2.45, 2.75) is 58.4 Å². The van der Waals surface area contributed by atoms with E-state index >= 15 is 0 Å². The van der Waals surface area contributed by atoms with Gasteiger partial charge in [0, 0.05) is 35.6 Å². The molecule has 0 aliphatic carbocycles. The Morgan fingerprint density at radius 2 is 1.98 bits per heavy atom. The first-order valence-corrected chi connectivity index (χ1v) is 15.5. The second-order valence-electron chi connectivity index (χ2n) is 10.7. The molecule has 2 aromatic heterocycles. The van der Waals surface area contributed by atoms with Crippen LogP contribution in [0.2, 0.25) is 0 Å². The fraction of sp³-hybridized carbons (Fsp3) is 0.355. The van der Waals surface area contributed by atoms with Crippen LogP contribution in [0.4, 0.5) is 0 Å². The van der Waals surface area contributed by atoms with Gasteiger partial charge in [0.2, 0.25) is 11.8 Å². The molecule has 1 aliphatic heterocycles. The molecule has 0 saturated carbocycles. The Morgan fingerprint density at radius 1 is 1.21 bits per heavy atom. The summed E-state index contributed by atoms with van der Waals surface area (Å²) in [5.41, 5.74) is 5.77. The zero-order valence-corrected chi connectivity index (χ0v) is 26.0. The van der Waals surface area contributed by atoms with Crippen LogP contribution in [0, 0.1) is 12.8 Å². The van der Waals surface area contributed by atoms with E-state index in [-0.39, 0.29) is 43.2 Å². The van der Waals surface area contributed by atoms with Crippen molar-refractivity contribution >= 4 is 39.1 Å². The fourth-order valence-electron chi connectivity index (χ4n) is 5.13. The van der Waals surface area contributed by atoms with Gasteiger partial charge in [-0.2, -0.15) is 0 Å². The predicted molar refractivity (Wildman–Crippen MR) is 163 cm³/mol. The van der Waals surface area contributed by atoms with Crippen LogP contribution in [0.25, 0.3) is 10.4 Å². The largest absolute Gasteiger partial charge is 0.471 e. The molecule has 0 radical (unpaired) electrons. The van der Waals surface area contributed by atoms with Crippen molar-refractivity contribution in [2.24, 2.45) is 5.92 Å². The number of nitrogens with zero attached hydrogens (tertiary/aromatic N) is 3. The standard InChI is InChI=1S/C31H33BrN4O5S/c1-18(2)28(26-13-27(35-41-26)40-16-22-6-4-5-7-24(22)32)31(39)36-15-23(37)12-25(36)30(38)33-14-20-8-10-21(11-9-20)29-19(3)34-17-42-29/h4-11,13,17-18,23,25,28,37H,12,14-16H2,1-3H3,(H,33,38)/t23-,25+,28?/m1/s1. The van der Waals surface area contributed by atoms with Gasteiger partial charge in [-0.15, -0.1) is 11.3 Å². The molecule has 0 spiro atoms. The summed E-state index contributed by atoms with van der Waals surface area (Å²) in [5, 5.41) is 17.4. The van der Waals surface area contributed by atoms with Gasteiger partial charge in [0.1, 0.15) is 18.6 Å². The summed E-state index contributed by atoms with van der Waals surface area (Å²) in [4.78, 5) is 34.0. The van der Waals surface area contributed by atoms with E-state index in [2.05, 4.69) is 31.4 Å². The molecular weight excluding hydrogens is 620 g/mol. The first kappa shape index (κ1) is 29.9. The number of amides is 2. The molecule has 0 bridgehead atoms. The van der Waals surface area contributed by atoms with Crippen LogP contribution in [-0.4, -0.2) is 50.7 Å². The van der Waals surface area contributed by atoms with Crippen molar-refractivity contribution in [2.75, 3.05) is 6.54 Å². The molecular formula is C31H33BrN4O5S. The van der Waals surface area contributed by atoms with Crippen LogP contribution in [-0.2, 0) is 22.7 Å². The Balaban J connectivity index is 1.23. The van der Waals surface area contributed by atoms with Crippen LogP contribution >= 0.6 is 27.3 Å². The number of benzene rings is 2. The average molecular weight is 654 g/mol. The third kappa shape index (κ3) is 6.74. The molecule has 2 N–H and O–H groups in total. The van der Waals surface area contributed by atoms with E-state index in [1.165, 1.54) is 4.90 Å². The zero-order valence-electron chi connectivity index (χ0n) is 23.6. The van der Waals surface area contributed by atoms with Crippen molar-refractivity contribution in [1.82, 2.24) is 20.4 Å². The molecule has 3 heterocycles. The van der Waals surface area contributed by atoms with Gasteiger partial charge in [-0.25, -0.2) is 4.98 Å². The molecule has 2 amide bonds. The summed E-state index contributed by atoms with van der Waals surface area (Å²) in [6.07, 6.45) is -0.625. The lowest BCUT2D eigenvalue weighted by atomic mass is 9.91. The van der Waals surface area contributed by atoms with Gasteiger partial charge in [0.15, 0.2) is 5.76 Å². The third-order valence-corrected chi connectivity index (χ3v) is 9.12. The monoisotopic (exact) mass is 652 g/mol. The number of hydrogen-bond donors (Lipinski definition) is 2. The van der Waals surface area contributed by atoms with Gasteiger partial charge >= 0.3 is 0 Å². The molecule has 1 saturated heterocycles. The number of carbonyl (C=O) groups is 2. The molecule has 9 nitrogen and oxygen atoms in total. The van der Waals surface area contributed by atoms with Crippen LogP contribution in [0.3, 0.4) is 0 Å². The van der Waals surface area contributed by atoms with Gasteiger partial charge in [0.25, 0.3) is 5.88 Å². The Labute approximate surface area is 257 Å². The number of rotatable bonds is 10. The maximum atomic E-state index is 13.8. The lowest BCUT2D eigenvalue weighted by Gasteiger charge is -2.28. The maximum Gasteiger partial charge on any atom is 0.254 e. The van der Waals surface area contributed by atoms with E-state index in [1.807, 2.05) is 74.8 Å². The topological polar surface area (TPSA) is 118 Å². The number of halogens is 1. The number of likely N-dealkylation sites (tertiary alicyclic amines) is 1. The summed E-state index contributed by atoms with van der Waals surface area (Å²) in [6, 6.07) is 16.5. The number of aryl methyl sites for hydroxylation is 1. The average Bonchev–Trinajstić information content (AvgIpc) is 3.71. The quantitative estimate of drug-likeness (QED) is 0.233. The lowest BCUT2D eigenvalue weighted by Crippen LogP contribution is -2.48. The van der Waals surface area contributed by atoms with Crippen LogP contribution in [0.15, 0.2) is 69.1 Å². The highest BCUT2D eigenvalue weighted by Gasteiger charge is 2.43. The van der Waals surface area contributed by atoms with Crippen molar-refractivity contribution < 1.29 is 24.0 Å². The first-order chi connectivity index (χ1) is 20.2. The Bertz CT molecular complexity index is 1540. The summed E-state index contributed by atoms with van der Waals surface area (Å²) < 4.78 is 12.3. The van der Waals surface area contributed by atoms with Gasteiger partial charge in [0.05, 0.1) is 22.2 Å². The molecule has 1 aliphatic rings. The number of ether oxygens (including phenoxy) is 1. The van der Waals surface area contributed by atoms with Gasteiger partial charge in [-0.05, 0) is 35.2 Å². The number of hydrogen-bond acceptors (Lipinski definition) is 8.